The Kier molecular flexibility index (Phi) is 5.30. The normalized spacial score (nSPS) is 22.0. The molecule has 2 fully saturated rings. The summed E-state index contributed by atoms with van der Waals surface area (Å²) in [4.78, 5) is 40.1. The number of benzene rings is 1. The van der Waals surface area contributed by atoms with Crippen molar-refractivity contribution in [2.75, 3.05) is 39.3 Å². The summed E-state index contributed by atoms with van der Waals surface area (Å²) >= 11 is 0. The predicted molar refractivity (Wildman–Crippen MR) is 89.4 cm³/mol. The van der Waals surface area contributed by atoms with Gasteiger partial charge in [0, 0.05) is 32.7 Å². The van der Waals surface area contributed by atoms with E-state index in [1.807, 2.05) is 30.3 Å². The van der Waals surface area contributed by atoms with Crippen molar-refractivity contribution >= 4 is 17.8 Å². The summed E-state index contributed by atoms with van der Waals surface area (Å²) in [5.74, 6) is -0.731. The SMILES string of the molecule is O=C(CN1C(=O)CNC1=O)N1CCN(Cc2ccccc2)C[C@H](O)C1. The summed E-state index contributed by atoms with van der Waals surface area (Å²) in [7, 11) is 0. The van der Waals surface area contributed by atoms with Gasteiger partial charge >= 0.3 is 6.03 Å². The van der Waals surface area contributed by atoms with Crippen LogP contribution >= 0.6 is 0 Å². The third kappa shape index (κ3) is 4.34. The number of rotatable bonds is 4. The first-order chi connectivity index (χ1) is 12.0. The van der Waals surface area contributed by atoms with Crippen LogP contribution in [0.25, 0.3) is 0 Å². The van der Waals surface area contributed by atoms with Crippen LogP contribution in [-0.2, 0) is 16.1 Å². The van der Waals surface area contributed by atoms with Crippen molar-refractivity contribution in [2.45, 2.75) is 12.6 Å². The van der Waals surface area contributed by atoms with E-state index in [4.69, 9.17) is 0 Å². The maximum absolute atomic E-state index is 12.4. The third-order valence-electron chi connectivity index (χ3n) is 4.42. The van der Waals surface area contributed by atoms with E-state index in [1.54, 1.807) is 0 Å². The molecule has 2 saturated heterocycles. The highest BCUT2D eigenvalue weighted by atomic mass is 16.3. The van der Waals surface area contributed by atoms with Crippen LogP contribution in [0.3, 0.4) is 0 Å². The fraction of sp³-hybridized carbons (Fsp3) is 0.471. The van der Waals surface area contributed by atoms with Gasteiger partial charge in [0.2, 0.25) is 5.91 Å². The molecule has 2 aliphatic heterocycles. The minimum Gasteiger partial charge on any atom is -0.390 e. The lowest BCUT2D eigenvalue weighted by atomic mass is 10.2. The maximum atomic E-state index is 12.4. The lowest BCUT2D eigenvalue weighted by molar-refractivity contribution is -0.137. The Morgan fingerprint density at radius 2 is 1.92 bits per heavy atom. The third-order valence-corrected chi connectivity index (χ3v) is 4.42. The number of aliphatic hydroxyl groups excluding tert-OH is 1. The van der Waals surface area contributed by atoms with Gasteiger partial charge in [0.1, 0.15) is 6.54 Å². The molecule has 0 aromatic heterocycles. The molecule has 1 aromatic rings. The minimum atomic E-state index is -0.668. The Morgan fingerprint density at radius 3 is 2.60 bits per heavy atom. The molecule has 0 radical (unpaired) electrons. The molecule has 2 aliphatic rings. The summed E-state index contributed by atoms with van der Waals surface area (Å²) in [5, 5.41) is 12.6. The molecule has 4 amide bonds. The van der Waals surface area contributed by atoms with Crippen LogP contribution in [0.5, 0.6) is 0 Å². The van der Waals surface area contributed by atoms with Crippen molar-refractivity contribution < 1.29 is 19.5 Å². The van der Waals surface area contributed by atoms with E-state index >= 15 is 0 Å². The monoisotopic (exact) mass is 346 g/mol. The van der Waals surface area contributed by atoms with Crippen molar-refractivity contribution in [3.8, 4) is 0 Å². The molecule has 134 valence electrons. The summed E-state index contributed by atoms with van der Waals surface area (Å²) in [6.45, 7) is 2.10. The van der Waals surface area contributed by atoms with E-state index in [0.717, 1.165) is 10.5 Å². The fourth-order valence-electron chi connectivity index (χ4n) is 3.12. The van der Waals surface area contributed by atoms with Gasteiger partial charge in [-0.2, -0.15) is 0 Å². The second kappa shape index (κ2) is 7.62. The summed E-state index contributed by atoms with van der Waals surface area (Å²) < 4.78 is 0. The van der Waals surface area contributed by atoms with Crippen molar-refractivity contribution in [2.24, 2.45) is 0 Å². The van der Waals surface area contributed by atoms with Crippen LogP contribution in [0.15, 0.2) is 30.3 Å². The molecule has 8 heteroatoms. The molecular formula is C17H22N4O4. The van der Waals surface area contributed by atoms with Gasteiger partial charge in [0.25, 0.3) is 5.91 Å². The van der Waals surface area contributed by atoms with Gasteiger partial charge in [-0.15, -0.1) is 0 Å². The van der Waals surface area contributed by atoms with Crippen molar-refractivity contribution in [3.05, 3.63) is 35.9 Å². The zero-order valence-corrected chi connectivity index (χ0v) is 13.9. The maximum Gasteiger partial charge on any atom is 0.325 e. The van der Waals surface area contributed by atoms with E-state index in [9.17, 15) is 19.5 Å². The van der Waals surface area contributed by atoms with E-state index in [1.165, 1.54) is 4.90 Å². The fourth-order valence-corrected chi connectivity index (χ4v) is 3.12. The zero-order valence-electron chi connectivity index (χ0n) is 13.9. The molecular weight excluding hydrogens is 324 g/mol. The molecule has 0 bridgehead atoms. The Labute approximate surface area is 146 Å². The van der Waals surface area contributed by atoms with Gasteiger partial charge in [0.05, 0.1) is 12.6 Å². The number of carbonyl (C=O) groups excluding carboxylic acids is 3. The highest BCUT2D eigenvalue weighted by Gasteiger charge is 2.33. The highest BCUT2D eigenvalue weighted by Crippen LogP contribution is 2.10. The van der Waals surface area contributed by atoms with Crippen LogP contribution in [0.2, 0.25) is 0 Å². The summed E-state index contributed by atoms with van der Waals surface area (Å²) in [5.41, 5.74) is 1.15. The number of β-amino-alcohol motifs (C(OH)–C–C–N with tert-alkyl or cyclic N) is 1. The highest BCUT2D eigenvalue weighted by molar-refractivity contribution is 6.04. The Bertz CT molecular complexity index is 635. The second-order valence-corrected chi connectivity index (χ2v) is 6.35. The van der Waals surface area contributed by atoms with Crippen LogP contribution < -0.4 is 5.32 Å². The van der Waals surface area contributed by atoms with Crippen LogP contribution in [-0.4, -0.2) is 83.0 Å². The number of aliphatic hydroxyl groups is 1. The van der Waals surface area contributed by atoms with E-state index < -0.39 is 18.0 Å². The number of urea groups is 1. The predicted octanol–water partition coefficient (Wildman–Crippen LogP) is -0.756. The van der Waals surface area contributed by atoms with Gasteiger partial charge in [-0.25, -0.2) is 4.79 Å². The van der Waals surface area contributed by atoms with Crippen LogP contribution in [0, 0.1) is 0 Å². The number of amides is 4. The number of hydrogen-bond acceptors (Lipinski definition) is 5. The van der Waals surface area contributed by atoms with Crippen LogP contribution in [0.4, 0.5) is 4.79 Å². The lowest BCUT2D eigenvalue weighted by Crippen LogP contribution is -2.45. The van der Waals surface area contributed by atoms with Gasteiger partial charge in [-0.3, -0.25) is 19.4 Å². The molecule has 3 rings (SSSR count). The topological polar surface area (TPSA) is 93.2 Å². The molecule has 25 heavy (non-hydrogen) atoms. The number of hydrogen-bond donors (Lipinski definition) is 2. The average molecular weight is 346 g/mol. The van der Waals surface area contributed by atoms with Crippen molar-refractivity contribution in [1.29, 1.82) is 0 Å². The zero-order chi connectivity index (χ0) is 17.8. The van der Waals surface area contributed by atoms with E-state index in [0.29, 0.717) is 26.2 Å². The molecule has 0 spiro atoms. The number of nitrogens with one attached hydrogen (secondary N) is 1. The minimum absolute atomic E-state index is 0.0698. The van der Waals surface area contributed by atoms with Crippen molar-refractivity contribution in [3.63, 3.8) is 0 Å². The molecule has 0 aliphatic carbocycles. The number of carbonyl (C=O) groups is 3. The quantitative estimate of drug-likeness (QED) is 0.700. The summed E-state index contributed by atoms with van der Waals surface area (Å²) in [6, 6.07) is 9.40. The second-order valence-electron chi connectivity index (χ2n) is 6.35. The first kappa shape index (κ1) is 17.4. The van der Waals surface area contributed by atoms with Crippen molar-refractivity contribution in [1.82, 2.24) is 20.0 Å². The Hall–Kier alpha value is -2.45. The Balaban J connectivity index is 1.58. The molecule has 2 N–H and O–H groups in total. The number of imide groups is 1. The smallest absolute Gasteiger partial charge is 0.325 e. The molecule has 8 nitrogen and oxygen atoms in total. The average Bonchev–Trinajstić information content (AvgIpc) is 2.80. The molecule has 2 heterocycles. The first-order valence-corrected chi connectivity index (χ1v) is 8.33. The largest absolute Gasteiger partial charge is 0.390 e. The van der Waals surface area contributed by atoms with Gasteiger partial charge < -0.3 is 15.3 Å². The van der Waals surface area contributed by atoms with Gasteiger partial charge in [-0.1, -0.05) is 30.3 Å². The summed E-state index contributed by atoms with van der Waals surface area (Å²) in [6.07, 6.45) is -0.668. The van der Waals surface area contributed by atoms with Crippen LogP contribution in [0.1, 0.15) is 5.56 Å². The molecule has 0 unspecified atom stereocenters. The molecule has 1 aromatic carbocycles. The standard InChI is InChI=1S/C17H22N4O4/c22-14-10-19(9-13-4-2-1-3-5-13)6-7-20(11-14)16(24)12-21-15(23)8-18-17(21)25/h1-5,14,22H,6-12H2,(H,18,25)/t14-/m0/s1. The van der Waals surface area contributed by atoms with Gasteiger partial charge in [0.15, 0.2) is 0 Å². The number of nitrogens with zero attached hydrogens (tertiary/aromatic N) is 3. The lowest BCUT2D eigenvalue weighted by Gasteiger charge is -2.23. The van der Waals surface area contributed by atoms with Gasteiger partial charge in [-0.05, 0) is 5.56 Å². The van der Waals surface area contributed by atoms with E-state index in [-0.39, 0.29) is 25.5 Å². The first-order valence-electron chi connectivity index (χ1n) is 8.33. The Morgan fingerprint density at radius 1 is 1.16 bits per heavy atom. The molecule has 1 atom stereocenters. The van der Waals surface area contributed by atoms with E-state index in [2.05, 4.69) is 10.2 Å². The molecule has 0 saturated carbocycles.